The van der Waals surface area contributed by atoms with Crippen LogP contribution in [0.5, 0.6) is 0 Å². The van der Waals surface area contributed by atoms with Crippen LogP contribution in [0.15, 0.2) is 36.9 Å². The molecule has 0 unspecified atom stereocenters. The molecule has 1 N–H and O–H groups in total. The Labute approximate surface area is 147 Å². The maximum Gasteiger partial charge on any atom is 0.254 e. The Balaban J connectivity index is 1.38. The molecule has 6 heteroatoms. The van der Waals surface area contributed by atoms with Crippen LogP contribution in [0.3, 0.4) is 0 Å². The molecule has 1 saturated carbocycles. The first-order valence-corrected chi connectivity index (χ1v) is 8.91. The molecule has 2 aromatic heterocycles. The van der Waals surface area contributed by atoms with Gasteiger partial charge in [0, 0.05) is 30.4 Å². The zero-order valence-corrected chi connectivity index (χ0v) is 14.1. The Morgan fingerprint density at radius 2 is 1.84 bits per heavy atom. The standard InChI is InChI=1S/C19H22N4O2/c24-18(23-16-10-19(25-13-16)6-2-1-3-7-19)15-11-21-17(22-12-15)14-4-8-20-9-5-14/h4-5,8-9,11-12,16H,1-3,6-7,10,13H2,(H,23,24)/t16-/m0/s1. The first-order valence-electron chi connectivity index (χ1n) is 8.91. The van der Waals surface area contributed by atoms with Gasteiger partial charge in [0.25, 0.3) is 5.91 Å². The first kappa shape index (κ1) is 16.1. The number of pyridine rings is 1. The molecule has 130 valence electrons. The van der Waals surface area contributed by atoms with Crippen LogP contribution in [-0.2, 0) is 4.74 Å². The summed E-state index contributed by atoms with van der Waals surface area (Å²) in [4.78, 5) is 25.0. The van der Waals surface area contributed by atoms with E-state index < -0.39 is 0 Å². The molecule has 2 aliphatic rings. The lowest BCUT2D eigenvalue weighted by Crippen LogP contribution is -2.37. The van der Waals surface area contributed by atoms with Crippen molar-refractivity contribution in [1.29, 1.82) is 0 Å². The Hall–Kier alpha value is -2.34. The highest BCUT2D eigenvalue weighted by molar-refractivity contribution is 5.93. The fraction of sp³-hybridized carbons (Fsp3) is 0.474. The highest BCUT2D eigenvalue weighted by Gasteiger charge is 2.41. The lowest BCUT2D eigenvalue weighted by molar-refractivity contribution is -0.0246. The van der Waals surface area contributed by atoms with Crippen LogP contribution in [0.4, 0.5) is 0 Å². The van der Waals surface area contributed by atoms with E-state index in [1.54, 1.807) is 24.8 Å². The Morgan fingerprint density at radius 1 is 1.12 bits per heavy atom. The third-order valence-corrected chi connectivity index (χ3v) is 5.16. The quantitative estimate of drug-likeness (QED) is 0.931. The van der Waals surface area contributed by atoms with Crippen molar-refractivity contribution in [3.63, 3.8) is 0 Å². The van der Waals surface area contributed by atoms with Crippen LogP contribution >= 0.6 is 0 Å². The second-order valence-corrected chi connectivity index (χ2v) is 6.96. The minimum atomic E-state index is -0.136. The third-order valence-electron chi connectivity index (χ3n) is 5.16. The van der Waals surface area contributed by atoms with E-state index in [4.69, 9.17) is 4.74 Å². The number of amides is 1. The van der Waals surface area contributed by atoms with Gasteiger partial charge in [-0.2, -0.15) is 0 Å². The number of carbonyl (C=O) groups is 1. The molecule has 2 fully saturated rings. The Morgan fingerprint density at radius 3 is 2.56 bits per heavy atom. The van der Waals surface area contributed by atoms with Gasteiger partial charge in [0.15, 0.2) is 5.82 Å². The third kappa shape index (κ3) is 3.54. The molecule has 1 spiro atoms. The predicted octanol–water partition coefficient (Wildman–Crippen LogP) is 2.76. The molecular weight excluding hydrogens is 316 g/mol. The average Bonchev–Trinajstić information content (AvgIpc) is 3.05. The maximum absolute atomic E-state index is 12.5. The van der Waals surface area contributed by atoms with Gasteiger partial charge in [-0.3, -0.25) is 9.78 Å². The fourth-order valence-electron chi connectivity index (χ4n) is 3.85. The maximum atomic E-state index is 12.5. The normalized spacial score (nSPS) is 22.0. The minimum absolute atomic E-state index is 0.00208. The molecule has 3 heterocycles. The van der Waals surface area contributed by atoms with E-state index in [-0.39, 0.29) is 17.6 Å². The van der Waals surface area contributed by atoms with Gasteiger partial charge < -0.3 is 10.1 Å². The number of hydrogen-bond donors (Lipinski definition) is 1. The lowest BCUT2D eigenvalue weighted by Gasteiger charge is -2.32. The highest BCUT2D eigenvalue weighted by atomic mass is 16.5. The van der Waals surface area contributed by atoms with E-state index in [0.29, 0.717) is 18.0 Å². The van der Waals surface area contributed by atoms with E-state index in [1.165, 1.54) is 19.3 Å². The summed E-state index contributed by atoms with van der Waals surface area (Å²) in [5.41, 5.74) is 1.35. The van der Waals surface area contributed by atoms with Crippen molar-refractivity contribution in [2.75, 3.05) is 6.61 Å². The molecule has 1 saturated heterocycles. The minimum Gasteiger partial charge on any atom is -0.373 e. The number of carbonyl (C=O) groups excluding carboxylic acids is 1. The summed E-state index contributed by atoms with van der Waals surface area (Å²) in [6.07, 6.45) is 13.4. The summed E-state index contributed by atoms with van der Waals surface area (Å²) >= 11 is 0. The van der Waals surface area contributed by atoms with Crippen LogP contribution in [0.1, 0.15) is 48.9 Å². The fourth-order valence-corrected chi connectivity index (χ4v) is 3.85. The van der Waals surface area contributed by atoms with Crippen LogP contribution in [0.2, 0.25) is 0 Å². The van der Waals surface area contributed by atoms with Crippen molar-refractivity contribution in [1.82, 2.24) is 20.3 Å². The Kier molecular flexibility index (Phi) is 4.44. The number of nitrogens with one attached hydrogen (secondary N) is 1. The molecular formula is C19H22N4O2. The SMILES string of the molecule is O=C(N[C@@H]1COC2(CCCCC2)C1)c1cnc(-c2ccncc2)nc1. The zero-order chi connectivity index (χ0) is 17.1. The summed E-state index contributed by atoms with van der Waals surface area (Å²) in [6, 6.07) is 3.76. The van der Waals surface area contributed by atoms with E-state index in [2.05, 4.69) is 20.3 Å². The second kappa shape index (κ2) is 6.88. The van der Waals surface area contributed by atoms with Crippen molar-refractivity contribution in [3.05, 3.63) is 42.5 Å². The largest absolute Gasteiger partial charge is 0.373 e. The van der Waals surface area contributed by atoms with Crippen molar-refractivity contribution < 1.29 is 9.53 Å². The number of ether oxygens (including phenoxy) is 1. The molecule has 2 aromatic rings. The molecule has 25 heavy (non-hydrogen) atoms. The molecule has 6 nitrogen and oxygen atoms in total. The van der Waals surface area contributed by atoms with E-state index in [0.717, 1.165) is 24.8 Å². The van der Waals surface area contributed by atoms with E-state index in [1.807, 2.05) is 12.1 Å². The highest BCUT2D eigenvalue weighted by Crippen LogP contribution is 2.39. The summed E-state index contributed by atoms with van der Waals surface area (Å²) in [6.45, 7) is 0.599. The van der Waals surface area contributed by atoms with Gasteiger partial charge in [0.1, 0.15) is 0 Å². The van der Waals surface area contributed by atoms with Gasteiger partial charge in [0.05, 0.1) is 23.8 Å². The first-order chi connectivity index (χ1) is 12.2. The molecule has 1 amide bonds. The van der Waals surface area contributed by atoms with Crippen molar-refractivity contribution in [2.45, 2.75) is 50.2 Å². The number of hydrogen-bond acceptors (Lipinski definition) is 5. The van der Waals surface area contributed by atoms with Gasteiger partial charge in [-0.1, -0.05) is 19.3 Å². The summed E-state index contributed by atoms with van der Waals surface area (Å²) < 4.78 is 6.06. The van der Waals surface area contributed by atoms with Crippen molar-refractivity contribution >= 4 is 5.91 Å². The number of nitrogens with zero attached hydrogens (tertiary/aromatic N) is 3. The molecule has 1 atom stereocenters. The van der Waals surface area contributed by atoms with Crippen molar-refractivity contribution in [2.24, 2.45) is 0 Å². The average molecular weight is 338 g/mol. The molecule has 0 radical (unpaired) electrons. The van der Waals surface area contributed by atoms with Crippen LogP contribution in [-0.4, -0.2) is 39.1 Å². The molecule has 4 rings (SSSR count). The van der Waals surface area contributed by atoms with Gasteiger partial charge >= 0.3 is 0 Å². The van der Waals surface area contributed by atoms with Gasteiger partial charge in [-0.15, -0.1) is 0 Å². The van der Waals surface area contributed by atoms with Crippen LogP contribution in [0.25, 0.3) is 11.4 Å². The van der Waals surface area contributed by atoms with Crippen LogP contribution in [0, 0.1) is 0 Å². The predicted molar refractivity (Wildman–Crippen MR) is 92.9 cm³/mol. The summed E-state index contributed by atoms with van der Waals surface area (Å²) in [7, 11) is 0. The monoisotopic (exact) mass is 338 g/mol. The molecule has 1 aliphatic carbocycles. The second-order valence-electron chi connectivity index (χ2n) is 6.96. The zero-order valence-electron chi connectivity index (χ0n) is 14.1. The number of aromatic nitrogens is 3. The topological polar surface area (TPSA) is 77.0 Å². The van der Waals surface area contributed by atoms with Gasteiger partial charge in [-0.25, -0.2) is 9.97 Å². The summed E-state index contributed by atoms with van der Waals surface area (Å²) in [5.74, 6) is 0.451. The smallest absolute Gasteiger partial charge is 0.254 e. The van der Waals surface area contributed by atoms with Gasteiger partial charge in [0.2, 0.25) is 0 Å². The lowest BCUT2D eigenvalue weighted by atomic mass is 9.82. The molecule has 1 aliphatic heterocycles. The van der Waals surface area contributed by atoms with Crippen LogP contribution < -0.4 is 5.32 Å². The van der Waals surface area contributed by atoms with Gasteiger partial charge in [-0.05, 0) is 31.4 Å². The Bertz CT molecular complexity index is 727. The van der Waals surface area contributed by atoms with E-state index >= 15 is 0 Å². The molecule has 0 bridgehead atoms. The summed E-state index contributed by atoms with van der Waals surface area (Å²) in [5, 5.41) is 3.07. The van der Waals surface area contributed by atoms with E-state index in [9.17, 15) is 4.79 Å². The number of rotatable bonds is 3. The molecule has 0 aromatic carbocycles. The van der Waals surface area contributed by atoms with Crippen molar-refractivity contribution in [3.8, 4) is 11.4 Å².